The zero-order valence-corrected chi connectivity index (χ0v) is 10.7. The molecule has 94 valence electrons. The molecule has 18 heavy (non-hydrogen) atoms. The Morgan fingerprint density at radius 1 is 1.33 bits per heavy atom. The Kier molecular flexibility index (Phi) is 3.19. The number of carboxylic acid groups (broad SMARTS) is 1. The minimum atomic E-state index is -0.882. The predicted octanol–water partition coefficient (Wildman–Crippen LogP) is 2.89. The van der Waals surface area contributed by atoms with Gasteiger partial charge in [-0.15, -0.1) is 0 Å². The highest BCUT2D eigenvalue weighted by Crippen LogP contribution is 2.29. The Morgan fingerprint density at radius 2 is 2.06 bits per heavy atom. The summed E-state index contributed by atoms with van der Waals surface area (Å²) in [5.41, 5.74) is 4.39. The van der Waals surface area contributed by atoms with E-state index in [1.807, 2.05) is 32.0 Å². The summed E-state index contributed by atoms with van der Waals surface area (Å²) in [6.07, 6.45) is -0.0714. The lowest BCUT2D eigenvalue weighted by atomic mass is 9.99. The van der Waals surface area contributed by atoms with Gasteiger partial charge in [0.15, 0.2) is 5.76 Å². The first-order valence-electron chi connectivity index (χ1n) is 5.73. The van der Waals surface area contributed by atoms with Crippen molar-refractivity contribution in [3.05, 3.63) is 40.6 Å². The summed E-state index contributed by atoms with van der Waals surface area (Å²) in [7, 11) is 0. The van der Waals surface area contributed by atoms with Gasteiger partial charge in [0, 0.05) is 11.1 Å². The zero-order chi connectivity index (χ0) is 13.3. The average molecular weight is 245 g/mol. The monoisotopic (exact) mass is 245 g/mol. The molecular formula is C14H15NO3. The van der Waals surface area contributed by atoms with Crippen LogP contribution >= 0.6 is 0 Å². The van der Waals surface area contributed by atoms with E-state index in [1.165, 1.54) is 0 Å². The first-order valence-corrected chi connectivity index (χ1v) is 5.73. The number of carboxylic acids is 1. The van der Waals surface area contributed by atoms with Crippen LogP contribution in [0.15, 0.2) is 22.7 Å². The van der Waals surface area contributed by atoms with Crippen LogP contribution in [0.5, 0.6) is 0 Å². The van der Waals surface area contributed by atoms with Crippen molar-refractivity contribution in [2.75, 3.05) is 0 Å². The van der Waals surface area contributed by atoms with Gasteiger partial charge in [0.05, 0.1) is 12.1 Å². The molecule has 0 saturated carbocycles. The molecule has 0 saturated heterocycles. The Morgan fingerprint density at radius 3 is 2.67 bits per heavy atom. The molecular weight excluding hydrogens is 230 g/mol. The fraction of sp³-hybridized carbons (Fsp3) is 0.286. The number of carbonyl (C=O) groups is 1. The quantitative estimate of drug-likeness (QED) is 0.903. The molecule has 0 fully saturated rings. The van der Waals surface area contributed by atoms with Crippen molar-refractivity contribution in [3.63, 3.8) is 0 Å². The largest absolute Gasteiger partial charge is 0.481 e. The number of aliphatic carboxylic acids is 1. The maximum atomic E-state index is 10.9. The highest BCUT2D eigenvalue weighted by atomic mass is 16.5. The third kappa shape index (κ3) is 2.27. The molecule has 1 heterocycles. The van der Waals surface area contributed by atoms with Crippen LogP contribution in [0.3, 0.4) is 0 Å². The number of hydrogen-bond donors (Lipinski definition) is 1. The molecule has 0 amide bonds. The van der Waals surface area contributed by atoms with Crippen molar-refractivity contribution < 1.29 is 14.4 Å². The topological polar surface area (TPSA) is 63.3 Å². The number of nitrogens with zero attached hydrogens (tertiary/aromatic N) is 1. The Hall–Kier alpha value is -2.10. The SMILES string of the molecule is Cc1ccc(-c2onc(C)c2CC(=O)O)c(C)c1. The van der Waals surface area contributed by atoms with Crippen LogP contribution in [0.1, 0.15) is 22.4 Å². The van der Waals surface area contributed by atoms with Gasteiger partial charge in [-0.2, -0.15) is 0 Å². The molecule has 0 spiro atoms. The van der Waals surface area contributed by atoms with Gasteiger partial charge in [-0.05, 0) is 26.3 Å². The Bertz CT molecular complexity index is 599. The van der Waals surface area contributed by atoms with Gasteiger partial charge >= 0.3 is 5.97 Å². The summed E-state index contributed by atoms with van der Waals surface area (Å²) < 4.78 is 5.29. The van der Waals surface area contributed by atoms with Crippen LogP contribution in [0, 0.1) is 20.8 Å². The van der Waals surface area contributed by atoms with Crippen LogP contribution in [0.4, 0.5) is 0 Å². The minimum Gasteiger partial charge on any atom is -0.481 e. The lowest BCUT2D eigenvalue weighted by molar-refractivity contribution is -0.136. The molecule has 4 heteroatoms. The number of aromatic nitrogens is 1. The van der Waals surface area contributed by atoms with Crippen molar-refractivity contribution in [1.29, 1.82) is 0 Å². The summed E-state index contributed by atoms with van der Waals surface area (Å²) in [6, 6.07) is 5.96. The fourth-order valence-electron chi connectivity index (χ4n) is 2.03. The summed E-state index contributed by atoms with van der Waals surface area (Å²) in [4.78, 5) is 10.9. The number of rotatable bonds is 3. The van der Waals surface area contributed by atoms with E-state index in [0.717, 1.165) is 16.7 Å². The van der Waals surface area contributed by atoms with Crippen molar-refractivity contribution in [2.45, 2.75) is 27.2 Å². The summed E-state index contributed by atoms with van der Waals surface area (Å²) in [6.45, 7) is 5.75. The Balaban J connectivity index is 2.53. The second kappa shape index (κ2) is 4.64. The van der Waals surface area contributed by atoms with E-state index in [2.05, 4.69) is 5.16 Å². The molecule has 4 nitrogen and oxygen atoms in total. The van der Waals surface area contributed by atoms with Gasteiger partial charge in [-0.25, -0.2) is 0 Å². The predicted molar refractivity (Wildman–Crippen MR) is 67.5 cm³/mol. The van der Waals surface area contributed by atoms with E-state index in [1.54, 1.807) is 6.92 Å². The molecule has 0 radical (unpaired) electrons. The molecule has 1 aromatic heterocycles. The zero-order valence-electron chi connectivity index (χ0n) is 10.7. The second-order valence-corrected chi connectivity index (χ2v) is 4.46. The van der Waals surface area contributed by atoms with E-state index in [9.17, 15) is 4.79 Å². The molecule has 1 aromatic carbocycles. The molecule has 0 aliphatic carbocycles. The normalized spacial score (nSPS) is 10.6. The lowest BCUT2D eigenvalue weighted by Gasteiger charge is -2.05. The van der Waals surface area contributed by atoms with Crippen LogP contribution in [-0.4, -0.2) is 16.2 Å². The van der Waals surface area contributed by atoms with Crippen molar-refractivity contribution in [3.8, 4) is 11.3 Å². The standard InChI is InChI=1S/C14H15NO3/c1-8-4-5-11(9(2)6-8)14-12(7-13(16)17)10(3)15-18-14/h4-6H,7H2,1-3H3,(H,16,17). The summed E-state index contributed by atoms with van der Waals surface area (Å²) >= 11 is 0. The summed E-state index contributed by atoms with van der Waals surface area (Å²) in [5.74, 6) is -0.320. The van der Waals surface area contributed by atoms with Gasteiger partial charge in [-0.1, -0.05) is 28.9 Å². The summed E-state index contributed by atoms with van der Waals surface area (Å²) in [5, 5.41) is 12.8. The van der Waals surface area contributed by atoms with Gasteiger partial charge in [0.1, 0.15) is 0 Å². The Labute approximate surface area is 105 Å². The second-order valence-electron chi connectivity index (χ2n) is 4.46. The highest BCUT2D eigenvalue weighted by molar-refractivity contribution is 5.76. The third-order valence-corrected chi connectivity index (χ3v) is 2.94. The van der Waals surface area contributed by atoms with Gasteiger partial charge in [0.25, 0.3) is 0 Å². The van der Waals surface area contributed by atoms with Gasteiger partial charge in [-0.3, -0.25) is 4.79 Å². The minimum absolute atomic E-state index is 0.0714. The molecule has 0 unspecified atom stereocenters. The lowest BCUT2D eigenvalue weighted by Crippen LogP contribution is -2.02. The van der Waals surface area contributed by atoms with Crippen molar-refractivity contribution >= 4 is 5.97 Å². The van der Waals surface area contributed by atoms with Crippen molar-refractivity contribution in [1.82, 2.24) is 5.16 Å². The van der Waals surface area contributed by atoms with Crippen LogP contribution in [-0.2, 0) is 11.2 Å². The smallest absolute Gasteiger partial charge is 0.308 e. The molecule has 0 aliphatic rings. The third-order valence-electron chi connectivity index (χ3n) is 2.94. The molecule has 0 atom stereocenters. The van der Waals surface area contributed by atoms with Crippen LogP contribution in [0.25, 0.3) is 11.3 Å². The van der Waals surface area contributed by atoms with Crippen molar-refractivity contribution in [2.24, 2.45) is 0 Å². The van der Waals surface area contributed by atoms with Crippen LogP contribution in [0.2, 0.25) is 0 Å². The highest BCUT2D eigenvalue weighted by Gasteiger charge is 2.18. The van der Waals surface area contributed by atoms with Crippen LogP contribution < -0.4 is 0 Å². The number of benzene rings is 1. The molecule has 0 aliphatic heterocycles. The first kappa shape index (κ1) is 12.4. The van der Waals surface area contributed by atoms with E-state index in [4.69, 9.17) is 9.63 Å². The molecule has 2 aromatic rings. The molecule has 2 rings (SSSR count). The fourth-order valence-corrected chi connectivity index (χ4v) is 2.03. The maximum Gasteiger partial charge on any atom is 0.308 e. The molecule has 1 N–H and O–H groups in total. The number of aryl methyl sites for hydroxylation is 3. The molecule has 0 bridgehead atoms. The first-order chi connectivity index (χ1) is 8.49. The van der Waals surface area contributed by atoms with Gasteiger partial charge < -0.3 is 9.63 Å². The van der Waals surface area contributed by atoms with E-state index >= 15 is 0 Å². The number of hydrogen-bond acceptors (Lipinski definition) is 3. The van der Waals surface area contributed by atoms with E-state index in [0.29, 0.717) is 17.0 Å². The van der Waals surface area contributed by atoms with E-state index < -0.39 is 5.97 Å². The maximum absolute atomic E-state index is 10.9. The van der Waals surface area contributed by atoms with Gasteiger partial charge in [0.2, 0.25) is 0 Å². The average Bonchev–Trinajstić information content (AvgIpc) is 2.60. The van der Waals surface area contributed by atoms with E-state index in [-0.39, 0.29) is 6.42 Å².